The first kappa shape index (κ1) is 24.4. The highest BCUT2D eigenvalue weighted by molar-refractivity contribution is 6.76. The number of aromatic amines is 1. The summed E-state index contributed by atoms with van der Waals surface area (Å²) < 4.78 is 9.62. The number of likely N-dealkylation sites (tertiary alicyclic amines) is 1. The monoisotopic (exact) mass is 482 g/mol. The van der Waals surface area contributed by atoms with Gasteiger partial charge in [-0.25, -0.2) is 9.78 Å². The number of ether oxygens (including phenoxy) is 1. The molecule has 0 bridgehead atoms. The summed E-state index contributed by atoms with van der Waals surface area (Å²) in [4.78, 5) is 35.0. The highest BCUT2D eigenvalue weighted by Crippen LogP contribution is 2.28. The summed E-state index contributed by atoms with van der Waals surface area (Å²) in [5, 5.41) is 10.0. The van der Waals surface area contributed by atoms with E-state index in [2.05, 4.69) is 40.6 Å². The van der Waals surface area contributed by atoms with Crippen LogP contribution in [-0.2, 0) is 11.5 Å². The van der Waals surface area contributed by atoms with Gasteiger partial charge in [-0.05, 0) is 37.9 Å². The first-order valence-corrected chi connectivity index (χ1v) is 15.8. The second kappa shape index (κ2) is 10.3. The highest BCUT2D eigenvalue weighted by Gasteiger charge is 2.25. The maximum Gasteiger partial charge on any atom is 0.329 e. The predicted molar refractivity (Wildman–Crippen MR) is 136 cm³/mol. The van der Waals surface area contributed by atoms with Crippen molar-refractivity contribution >= 4 is 30.0 Å². The van der Waals surface area contributed by atoms with Crippen LogP contribution in [0.3, 0.4) is 0 Å². The molecule has 0 spiro atoms. The number of unbranched alkanes of at least 4 members (excludes halogenated alkanes) is 1. The number of nitrogens with one attached hydrogen (secondary N) is 1. The van der Waals surface area contributed by atoms with E-state index < -0.39 is 13.6 Å². The van der Waals surface area contributed by atoms with Crippen molar-refractivity contribution in [3.05, 3.63) is 39.3 Å². The number of aromatic nitrogens is 4. The average Bonchev–Trinajstić information content (AvgIpc) is 3.20. The molecule has 4 heterocycles. The number of piperidine rings is 1. The molecular weight excluding hydrogens is 448 g/mol. The van der Waals surface area contributed by atoms with Gasteiger partial charge in [-0.2, -0.15) is 5.26 Å². The van der Waals surface area contributed by atoms with Crippen LogP contribution in [0.4, 0.5) is 0 Å². The molecule has 0 unspecified atom stereocenters. The van der Waals surface area contributed by atoms with E-state index in [0.29, 0.717) is 36.3 Å². The summed E-state index contributed by atoms with van der Waals surface area (Å²) in [6.45, 7) is 10.7. The zero-order valence-corrected chi connectivity index (χ0v) is 21.3. The molecule has 9 nitrogen and oxygen atoms in total. The Morgan fingerprint density at radius 1 is 1.24 bits per heavy atom. The van der Waals surface area contributed by atoms with Crippen LogP contribution < -0.4 is 11.2 Å². The van der Waals surface area contributed by atoms with Crippen LogP contribution in [-0.4, -0.2) is 58.3 Å². The third kappa shape index (κ3) is 5.32. The molecule has 3 aromatic heterocycles. The van der Waals surface area contributed by atoms with Crippen LogP contribution in [0.25, 0.3) is 21.9 Å². The van der Waals surface area contributed by atoms with E-state index in [-0.39, 0.29) is 11.7 Å². The molecule has 0 amide bonds. The molecular formula is C24H34N6O3Si. The molecule has 0 radical (unpaired) electrons. The van der Waals surface area contributed by atoms with Crippen molar-refractivity contribution in [2.45, 2.75) is 64.1 Å². The highest BCUT2D eigenvalue weighted by atomic mass is 28.3. The fourth-order valence-electron chi connectivity index (χ4n) is 4.65. The minimum Gasteiger partial charge on any atom is -0.361 e. The summed E-state index contributed by atoms with van der Waals surface area (Å²) in [6, 6.07) is 5.22. The van der Waals surface area contributed by atoms with Gasteiger partial charge in [0.25, 0.3) is 5.56 Å². The van der Waals surface area contributed by atoms with E-state index in [1.165, 1.54) is 0 Å². The summed E-state index contributed by atoms with van der Waals surface area (Å²) in [6.07, 6.45) is 6.55. The van der Waals surface area contributed by atoms with E-state index in [4.69, 9.17) is 10.00 Å². The molecule has 0 aliphatic carbocycles. The van der Waals surface area contributed by atoms with Crippen LogP contribution in [0.5, 0.6) is 0 Å². The van der Waals surface area contributed by atoms with Gasteiger partial charge in [-0.3, -0.25) is 14.3 Å². The Hall–Kier alpha value is -2.74. The van der Waals surface area contributed by atoms with Crippen molar-refractivity contribution in [2.75, 3.05) is 26.2 Å². The quantitative estimate of drug-likeness (QED) is 0.370. The Balaban J connectivity index is 1.63. The Morgan fingerprint density at radius 2 is 2.00 bits per heavy atom. The van der Waals surface area contributed by atoms with Crippen LogP contribution in [0, 0.1) is 11.3 Å². The van der Waals surface area contributed by atoms with E-state index in [9.17, 15) is 9.59 Å². The molecule has 0 saturated carbocycles. The van der Waals surface area contributed by atoms with Crippen LogP contribution >= 0.6 is 0 Å². The van der Waals surface area contributed by atoms with Crippen LogP contribution in [0.1, 0.15) is 31.7 Å². The van der Waals surface area contributed by atoms with Crippen LogP contribution in [0.2, 0.25) is 25.7 Å². The van der Waals surface area contributed by atoms with Crippen LogP contribution in [0.15, 0.2) is 28.0 Å². The molecule has 34 heavy (non-hydrogen) atoms. The fraction of sp³-hybridized carbons (Fsp3) is 0.583. The predicted octanol–water partition coefficient (Wildman–Crippen LogP) is 3.29. The number of fused-ring (bicyclic) bond motifs is 3. The zero-order chi connectivity index (χ0) is 24.3. The maximum absolute atomic E-state index is 13.0. The fourth-order valence-corrected chi connectivity index (χ4v) is 5.41. The number of hydrogen-bond donors (Lipinski definition) is 1. The van der Waals surface area contributed by atoms with Crippen molar-refractivity contribution in [1.82, 2.24) is 24.0 Å². The topological polar surface area (TPSA) is 109 Å². The third-order valence-corrected chi connectivity index (χ3v) is 8.30. The van der Waals surface area contributed by atoms with Gasteiger partial charge >= 0.3 is 5.69 Å². The average molecular weight is 483 g/mol. The van der Waals surface area contributed by atoms with Gasteiger partial charge in [0.15, 0.2) is 0 Å². The van der Waals surface area contributed by atoms with Gasteiger partial charge in [0.05, 0.1) is 17.0 Å². The number of rotatable bonds is 9. The lowest BCUT2D eigenvalue weighted by Crippen LogP contribution is -2.40. The summed E-state index contributed by atoms with van der Waals surface area (Å²) >= 11 is 0. The van der Waals surface area contributed by atoms with E-state index in [1.807, 2.05) is 16.8 Å². The standard InChI is InChI=1S/C24H34N6O3Si/c1-34(2,3)15-14-33-17-29-13-8-19-21-20(16-26-22(19)29)23(31)27-24(32)30(21)18-6-11-28(12-7-18)10-5-4-9-25/h8,13,16,18H,4-7,10-12,14-15,17H2,1-3H3,(H,27,31,32). The van der Waals surface area contributed by atoms with Gasteiger partial charge in [0.1, 0.15) is 12.4 Å². The zero-order valence-electron chi connectivity index (χ0n) is 20.3. The maximum atomic E-state index is 13.0. The second-order valence-corrected chi connectivity index (χ2v) is 16.0. The molecule has 4 rings (SSSR count). The molecule has 182 valence electrons. The Kier molecular flexibility index (Phi) is 7.35. The minimum absolute atomic E-state index is 0.000936. The number of nitriles is 1. The van der Waals surface area contributed by atoms with Gasteiger partial charge in [-0.15, -0.1) is 0 Å². The lowest BCUT2D eigenvalue weighted by Gasteiger charge is -2.33. The van der Waals surface area contributed by atoms with Gasteiger partial charge in [0.2, 0.25) is 0 Å². The Labute approximate surface area is 200 Å². The second-order valence-electron chi connectivity index (χ2n) is 10.4. The van der Waals surface area contributed by atoms with Gasteiger partial charge < -0.3 is 14.2 Å². The molecule has 1 aliphatic heterocycles. The number of pyridine rings is 1. The lowest BCUT2D eigenvalue weighted by atomic mass is 10.0. The van der Waals surface area contributed by atoms with Gasteiger partial charge in [0, 0.05) is 58.0 Å². The molecule has 3 aromatic rings. The van der Waals surface area contributed by atoms with Crippen molar-refractivity contribution < 1.29 is 4.74 Å². The van der Waals surface area contributed by atoms with E-state index in [1.54, 1.807) is 10.8 Å². The third-order valence-electron chi connectivity index (χ3n) is 6.60. The molecule has 10 heteroatoms. The summed E-state index contributed by atoms with van der Waals surface area (Å²) in [5.74, 6) is 0. The first-order chi connectivity index (χ1) is 16.3. The van der Waals surface area contributed by atoms with E-state index in [0.717, 1.165) is 50.3 Å². The van der Waals surface area contributed by atoms with Crippen molar-refractivity contribution in [1.29, 1.82) is 5.26 Å². The SMILES string of the molecule is C[Si](C)(C)CCOCn1ccc2c1ncc1c(=O)[nH]c(=O)n(C3CCN(CCCC#N)CC3)c12. The first-order valence-electron chi connectivity index (χ1n) is 12.1. The Morgan fingerprint density at radius 3 is 2.71 bits per heavy atom. The summed E-state index contributed by atoms with van der Waals surface area (Å²) in [5.41, 5.74) is 0.599. The van der Waals surface area contributed by atoms with Crippen molar-refractivity contribution in [3.63, 3.8) is 0 Å². The molecule has 1 aliphatic rings. The number of H-pyrrole nitrogens is 1. The van der Waals surface area contributed by atoms with Gasteiger partial charge in [-0.1, -0.05) is 19.6 Å². The molecule has 1 N–H and O–H groups in total. The molecule has 1 saturated heterocycles. The normalized spacial score (nSPS) is 15.8. The summed E-state index contributed by atoms with van der Waals surface area (Å²) in [7, 11) is -1.17. The van der Waals surface area contributed by atoms with E-state index >= 15 is 0 Å². The minimum atomic E-state index is -1.17. The van der Waals surface area contributed by atoms with Crippen molar-refractivity contribution in [2.24, 2.45) is 0 Å². The lowest BCUT2D eigenvalue weighted by molar-refractivity contribution is 0.0899. The smallest absolute Gasteiger partial charge is 0.329 e. The van der Waals surface area contributed by atoms with Crippen molar-refractivity contribution in [3.8, 4) is 6.07 Å². The number of hydrogen-bond acceptors (Lipinski definition) is 6. The molecule has 0 aromatic carbocycles. The largest absolute Gasteiger partial charge is 0.361 e. The molecule has 1 fully saturated rings. The number of nitrogens with zero attached hydrogens (tertiary/aromatic N) is 5. The molecule has 0 atom stereocenters. The Bertz CT molecular complexity index is 1300.